The number of aromatic nitrogens is 4. The normalized spacial score (nSPS) is 22.1. The van der Waals surface area contributed by atoms with Gasteiger partial charge in [0.2, 0.25) is 10.1 Å². The Kier molecular flexibility index (Phi) is 4.09. The molecule has 28 heavy (non-hydrogen) atoms. The van der Waals surface area contributed by atoms with Gasteiger partial charge < -0.3 is 15.5 Å². The van der Waals surface area contributed by atoms with Crippen molar-refractivity contribution in [3.63, 3.8) is 0 Å². The highest BCUT2D eigenvalue weighted by molar-refractivity contribution is 7.20. The Hall–Kier alpha value is -2.52. The molecule has 146 valence electrons. The third-order valence-corrected chi connectivity index (χ3v) is 6.75. The third-order valence-electron chi connectivity index (χ3n) is 5.77. The first-order valence-corrected chi connectivity index (χ1v) is 10.4. The summed E-state index contributed by atoms with van der Waals surface area (Å²) in [5.41, 5.74) is 8.35. The van der Waals surface area contributed by atoms with Gasteiger partial charge in [-0.1, -0.05) is 18.3 Å². The van der Waals surface area contributed by atoms with E-state index in [-0.39, 0.29) is 11.3 Å². The lowest BCUT2D eigenvalue weighted by Gasteiger charge is -2.27. The van der Waals surface area contributed by atoms with Crippen LogP contribution in [0.1, 0.15) is 35.9 Å². The predicted molar refractivity (Wildman–Crippen MR) is 109 cm³/mol. The number of amides is 1. The number of nitrogens with zero attached hydrogens (tertiary/aromatic N) is 6. The van der Waals surface area contributed by atoms with Crippen LogP contribution in [-0.4, -0.2) is 51.7 Å². The summed E-state index contributed by atoms with van der Waals surface area (Å²) in [6, 6.07) is 3.82. The van der Waals surface area contributed by atoms with Crippen LogP contribution in [-0.2, 0) is 6.42 Å². The Balaban J connectivity index is 1.40. The Morgan fingerprint density at radius 2 is 2.29 bits per heavy atom. The van der Waals surface area contributed by atoms with Crippen LogP contribution in [0.15, 0.2) is 24.5 Å². The maximum absolute atomic E-state index is 13.1. The van der Waals surface area contributed by atoms with E-state index >= 15 is 0 Å². The van der Waals surface area contributed by atoms with E-state index in [2.05, 4.69) is 26.9 Å². The summed E-state index contributed by atoms with van der Waals surface area (Å²) < 4.78 is 1.72. The zero-order chi connectivity index (χ0) is 19.3. The quantitative estimate of drug-likeness (QED) is 0.726. The fraction of sp³-hybridized carbons (Fsp3) is 0.474. The van der Waals surface area contributed by atoms with Crippen molar-refractivity contribution in [1.82, 2.24) is 19.6 Å². The minimum atomic E-state index is -0.0925. The van der Waals surface area contributed by atoms with Gasteiger partial charge in [-0.05, 0) is 43.4 Å². The van der Waals surface area contributed by atoms with Crippen molar-refractivity contribution in [3.05, 3.63) is 35.9 Å². The predicted octanol–water partition coefficient (Wildman–Crippen LogP) is 1.95. The lowest BCUT2D eigenvalue weighted by atomic mass is 9.90. The number of pyridine rings is 1. The molecule has 0 saturated carbocycles. The van der Waals surface area contributed by atoms with E-state index in [1.165, 1.54) is 11.3 Å². The second-order valence-electron chi connectivity index (χ2n) is 7.95. The van der Waals surface area contributed by atoms with Crippen LogP contribution in [0.4, 0.5) is 10.8 Å². The molecule has 0 radical (unpaired) electrons. The molecule has 1 amide bonds. The first kappa shape index (κ1) is 17.6. The van der Waals surface area contributed by atoms with Gasteiger partial charge in [-0.25, -0.2) is 9.50 Å². The van der Waals surface area contributed by atoms with Crippen LogP contribution in [0.5, 0.6) is 0 Å². The zero-order valence-electron chi connectivity index (χ0n) is 15.8. The maximum atomic E-state index is 13.1. The number of imidazole rings is 1. The van der Waals surface area contributed by atoms with E-state index in [0.717, 1.165) is 53.8 Å². The van der Waals surface area contributed by atoms with Crippen LogP contribution >= 0.6 is 11.3 Å². The third kappa shape index (κ3) is 2.85. The van der Waals surface area contributed by atoms with Gasteiger partial charge in [0.05, 0.1) is 17.6 Å². The van der Waals surface area contributed by atoms with E-state index in [4.69, 9.17) is 5.73 Å². The SMILES string of the molecule is CC1(CN)CCN(c2nn3cc(C(=O)N4CCCc5ncccc54)nc3s2)C1. The Labute approximate surface area is 167 Å². The Morgan fingerprint density at radius 1 is 1.39 bits per heavy atom. The van der Waals surface area contributed by atoms with Crippen molar-refractivity contribution in [3.8, 4) is 0 Å². The number of nitrogens with two attached hydrogens (primary N) is 1. The lowest BCUT2D eigenvalue weighted by Crippen LogP contribution is -2.36. The van der Waals surface area contributed by atoms with Gasteiger partial charge in [-0.15, -0.1) is 5.10 Å². The molecule has 1 fully saturated rings. The molecule has 2 aliphatic rings. The van der Waals surface area contributed by atoms with Gasteiger partial charge in [-0.2, -0.15) is 0 Å². The summed E-state index contributed by atoms with van der Waals surface area (Å²) in [5.74, 6) is -0.0925. The van der Waals surface area contributed by atoms with Gasteiger partial charge in [0.1, 0.15) is 5.69 Å². The number of hydrogen-bond acceptors (Lipinski definition) is 7. The second-order valence-corrected chi connectivity index (χ2v) is 8.89. The Morgan fingerprint density at radius 3 is 3.07 bits per heavy atom. The molecule has 1 saturated heterocycles. The molecule has 5 rings (SSSR count). The molecule has 9 heteroatoms. The van der Waals surface area contributed by atoms with E-state index in [0.29, 0.717) is 18.8 Å². The van der Waals surface area contributed by atoms with E-state index in [1.54, 1.807) is 21.8 Å². The number of fused-ring (bicyclic) bond motifs is 2. The van der Waals surface area contributed by atoms with Crippen LogP contribution in [0.3, 0.4) is 0 Å². The van der Waals surface area contributed by atoms with Crippen LogP contribution in [0.2, 0.25) is 0 Å². The summed E-state index contributed by atoms with van der Waals surface area (Å²) in [6.07, 6.45) is 6.40. The van der Waals surface area contributed by atoms with Crippen LogP contribution in [0.25, 0.3) is 4.96 Å². The molecule has 0 aromatic carbocycles. The standard InChI is InChI=1S/C19H23N7OS/c1-19(11-20)6-9-24(12-19)18-23-26-10-14(22-17(26)28-18)16(27)25-8-3-4-13-15(25)5-2-7-21-13/h2,5,7,10H,3-4,6,8-9,11-12,20H2,1H3. The van der Waals surface area contributed by atoms with E-state index in [1.807, 2.05) is 12.1 Å². The average molecular weight is 398 g/mol. The first-order valence-electron chi connectivity index (χ1n) is 9.63. The highest BCUT2D eigenvalue weighted by Crippen LogP contribution is 2.34. The summed E-state index contributed by atoms with van der Waals surface area (Å²) in [5, 5.41) is 5.60. The number of rotatable bonds is 3. The number of aryl methyl sites for hydroxylation is 1. The van der Waals surface area contributed by atoms with E-state index in [9.17, 15) is 4.79 Å². The molecular weight excluding hydrogens is 374 g/mol. The Bertz CT molecular complexity index is 1010. The fourth-order valence-corrected chi connectivity index (χ4v) is 4.92. The minimum Gasteiger partial charge on any atom is -0.346 e. The average Bonchev–Trinajstić information content (AvgIpc) is 3.40. The fourth-order valence-electron chi connectivity index (χ4n) is 4.02. The summed E-state index contributed by atoms with van der Waals surface area (Å²) in [6.45, 7) is 5.44. The second kappa shape index (κ2) is 6.52. The van der Waals surface area contributed by atoms with Crippen molar-refractivity contribution in [2.45, 2.75) is 26.2 Å². The number of hydrogen-bond donors (Lipinski definition) is 1. The highest BCUT2D eigenvalue weighted by atomic mass is 32.1. The molecule has 0 bridgehead atoms. The zero-order valence-corrected chi connectivity index (χ0v) is 16.7. The van der Waals surface area contributed by atoms with Crippen molar-refractivity contribution in [2.75, 3.05) is 36.0 Å². The molecule has 1 unspecified atom stereocenters. The van der Waals surface area contributed by atoms with Gasteiger partial charge in [0.15, 0.2) is 0 Å². The number of carbonyl (C=O) groups excluding carboxylic acids is 1. The van der Waals surface area contributed by atoms with Gasteiger partial charge >= 0.3 is 0 Å². The minimum absolute atomic E-state index is 0.0925. The highest BCUT2D eigenvalue weighted by Gasteiger charge is 2.34. The summed E-state index contributed by atoms with van der Waals surface area (Å²) >= 11 is 1.52. The monoisotopic (exact) mass is 397 g/mol. The first-order chi connectivity index (χ1) is 13.6. The topological polar surface area (TPSA) is 92.7 Å². The van der Waals surface area contributed by atoms with Crippen molar-refractivity contribution >= 4 is 33.0 Å². The van der Waals surface area contributed by atoms with Gasteiger partial charge in [0, 0.05) is 25.8 Å². The van der Waals surface area contributed by atoms with Crippen LogP contribution in [0, 0.1) is 5.41 Å². The molecule has 3 aromatic heterocycles. The molecule has 2 aliphatic heterocycles. The number of anilines is 2. The maximum Gasteiger partial charge on any atom is 0.278 e. The molecule has 0 aliphatic carbocycles. The van der Waals surface area contributed by atoms with Gasteiger partial charge in [0.25, 0.3) is 5.91 Å². The molecule has 1 atom stereocenters. The van der Waals surface area contributed by atoms with Crippen molar-refractivity contribution < 1.29 is 4.79 Å². The smallest absolute Gasteiger partial charge is 0.278 e. The molecule has 3 aromatic rings. The van der Waals surface area contributed by atoms with Gasteiger partial charge in [-0.3, -0.25) is 9.78 Å². The van der Waals surface area contributed by atoms with E-state index < -0.39 is 0 Å². The van der Waals surface area contributed by atoms with Crippen LogP contribution < -0.4 is 15.5 Å². The summed E-state index contributed by atoms with van der Waals surface area (Å²) in [7, 11) is 0. The lowest BCUT2D eigenvalue weighted by molar-refractivity contribution is 0.0980. The van der Waals surface area contributed by atoms with Crippen molar-refractivity contribution in [2.24, 2.45) is 11.1 Å². The molecule has 2 N–H and O–H groups in total. The molecular formula is C19H23N7OS. The summed E-state index contributed by atoms with van der Waals surface area (Å²) in [4.78, 5) is 26.8. The molecule has 5 heterocycles. The molecule has 8 nitrogen and oxygen atoms in total. The number of carbonyl (C=O) groups is 1. The molecule has 0 spiro atoms. The largest absolute Gasteiger partial charge is 0.346 e. The van der Waals surface area contributed by atoms with Crippen molar-refractivity contribution in [1.29, 1.82) is 0 Å².